The van der Waals surface area contributed by atoms with Gasteiger partial charge in [0.2, 0.25) is 5.91 Å². The highest BCUT2D eigenvalue weighted by Gasteiger charge is 2.41. The summed E-state index contributed by atoms with van der Waals surface area (Å²) >= 11 is 0. The normalized spacial score (nSPS) is 22.7. The average Bonchev–Trinajstić information content (AvgIpc) is 2.37. The Morgan fingerprint density at radius 2 is 1.81 bits per heavy atom. The molecular formula is C17H28N2O2. The van der Waals surface area contributed by atoms with Crippen molar-refractivity contribution in [1.29, 1.82) is 0 Å². The van der Waals surface area contributed by atoms with E-state index in [9.17, 15) is 9.90 Å². The Morgan fingerprint density at radius 1 is 1.24 bits per heavy atom. The standard InChI is InChI=1S/C16H24N2O2.CH4/c1-12-10-17(14-8-6-5-7-9-14)11-15(16(3,4)20)18(12)13(2)19;/h5-9,12,15,20H,10-11H2,1-4H3;1H4. The van der Waals surface area contributed by atoms with E-state index in [-0.39, 0.29) is 25.4 Å². The van der Waals surface area contributed by atoms with Crippen LogP contribution in [0.2, 0.25) is 0 Å². The molecule has 1 heterocycles. The van der Waals surface area contributed by atoms with Gasteiger partial charge in [-0.05, 0) is 32.9 Å². The van der Waals surface area contributed by atoms with E-state index in [1.807, 2.05) is 30.0 Å². The molecule has 2 atom stereocenters. The number of nitrogens with zero attached hydrogens (tertiary/aromatic N) is 2. The zero-order chi connectivity index (χ0) is 14.9. The average molecular weight is 292 g/mol. The number of piperazine rings is 1. The Bertz CT molecular complexity index is 467. The van der Waals surface area contributed by atoms with Crippen molar-refractivity contribution < 1.29 is 9.90 Å². The van der Waals surface area contributed by atoms with Crippen LogP contribution in [0.4, 0.5) is 5.69 Å². The van der Waals surface area contributed by atoms with Gasteiger partial charge in [0.05, 0.1) is 11.6 Å². The predicted molar refractivity (Wildman–Crippen MR) is 87.5 cm³/mol. The summed E-state index contributed by atoms with van der Waals surface area (Å²) in [6.07, 6.45) is 0. The van der Waals surface area contributed by atoms with Crippen LogP contribution in [0.15, 0.2) is 30.3 Å². The zero-order valence-corrected chi connectivity index (χ0v) is 12.7. The lowest BCUT2D eigenvalue weighted by atomic mass is 9.92. The van der Waals surface area contributed by atoms with Crippen LogP contribution in [0.25, 0.3) is 0 Å². The van der Waals surface area contributed by atoms with Gasteiger partial charge >= 0.3 is 0 Å². The fourth-order valence-electron chi connectivity index (χ4n) is 3.03. The molecule has 2 rings (SSSR count). The van der Waals surface area contributed by atoms with Crippen LogP contribution in [0.5, 0.6) is 0 Å². The van der Waals surface area contributed by atoms with Crippen LogP contribution in [-0.4, -0.2) is 46.7 Å². The molecule has 0 aromatic heterocycles. The second-order valence-electron chi connectivity index (χ2n) is 6.19. The summed E-state index contributed by atoms with van der Waals surface area (Å²) in [5, 5.41) is 10.4. The van der Waals surface area contributed by atoms with Crippen LogP contribution < -0.4 is 4.90 Å². The van der Waals surface area contributed by atoms with E-state index in [1.54, 1.807) is 20.8 Å². The molecule has 0 spiro atoms. The molecule has 0 aliphatic carbocycles. The van der Waals surface area contributed by atoms with Gasteiger partial charge in [-0.1, -0.05) is 25.6 Å². The van der Waals surface area contributed by atoms with E-state index in [2.05, 4.69) is 17.0 Å². The molecule has 21 heavy (non-hydrogen) atoms. The van der Waals surface area contributed by atoms with Crippen LogP contribution in [0, 0.1) is 0 Å². The molecule has 0 bridgehead atoms. The molecule has 2 unspecified atom stereocenters. The van der Waals surface area contributed by atoms with Crippen molar-refractivity contribution in [3.63, 3.8) is 0 Å². The highest BCUT2D eigenvalue weighted by molar-refractivity contribution is 5.74. The van der Waals surface area contributed by atoms with E-state index in [1.165, 1.54) is 0 Å². The Morgan fingerprint density at radius 3 is 2.29 bits per heavy atom. The van der Waals surface area contributed by atoms with Gasteiger partial charge in [-0.25, -0.2) is 0 Å². The highest BCUT2D eigenvalue weighted by Crippen LogP contribution is 2.27. The molecule has 4 nitrogen and oxygen atoms in total. The highest BCUT2D eigenvalue weighted by atomic mass is 16.3. The van der Waals surface area contributed by atoms with Gasteiger partial charge in [0.15, 0.2) is 0 Å². The second kappa shape index (κ2) is 6.48. The first-order valence-corrected chi connectivity index (χ1v) is 7.12. The van der Waals surface area contributed by atoms with Crippen molar-refractivity contribution in [2.45, 2.75) is 52.8 Å². The summed E-state index contributed by atoms with van der Waals surface area (Å²) in [5.74, 6) is 0.0253. The van der Waals surface area contributed by atoms with Gasteiger partial charge in [-0.2, -0.15) is 0 Å². The summed E-state index contributed by atoms with van der Waals surface area (Å²) in [6.45, 7) is 8.60. The smallest absolute Gasteiger partial charge is 0.220 e. The molecule has 1 aromatic carbocycles. The van der Waals surface area contributed by atoms with Gasteiger partial charge in [-0.15, -0.1) is 0 Å². The lowest BCUT2D eigenvalue weighted by Gasteiger charge is -2.50. The first-order chi connectivity index (χ1) is 9.30. The minimum atomic E-state index is -0.923. The molecule has 0 radical (unpaired) electrons. The van der Waals surface area contributed by atoms with Crippen LogP contribution in [0.1, 0.15) is 35.1 Å². The Kier molecular flexibility index (Phi) is 5.40. The quantitative estimate of drug-likeness (QED) is 0.911. The van der Waals surface area contributed by atoms with Crippen molar-refractivity contribution in [2.75, 3.05) is 18.0 Å². The van der Waals surface area contributed by atoms with E-state index in [0.717, 1.165) is 12.2 Å². The number of anilines is 1. The van der Waals surface area contributed by atoms with Crippen molar-refractivity contribution >= 4 is 11.6 Å². The Labute approximate surface area is 128 Å². The molecule has 1 saturated heterocycles. The van der Waals surface area contributed by atoms with Gasteiger partial charge in [0.1, 0.15) is 0 Å². The maximum absolute atomic E-state index is 11.9. The predicted octanol–water partition coefficient (Wildman–Crippen LogP) is 2.52. The molecule has 4 heteroatoms. The van der Waals surface area contributed by atoms with E-state index in [0.29, 0.717) is 6.54 Å². The fraction of sp³-hybridized carbons (Fsp3) is 0.588. The summed E-state index contributed by atoms with van der Waals surface area (Å²) in [7, 11) is 0. The Balaban J connectivity index is 0.00000220. The van der Waals surface area contributed by atoms with Gasteiger partial charge in [0, 0.05) is 31.7 Å². The molecule has 1 aromatic rings. The number of para-hydroxylation sites is 1. The number of benzene rings is 1. The van der Waals surface area contributed by atoms with Gasteiger partial charge in [-0.3, -0.25) is 4.79 Å². The lowest BCUT2D eigenvalue weighted by Crippen LogP contribution is -2.65. The largest absolute Gasteiger partial charge is 0.388 e. The van der Waals surface area contributed by atoms with Crippen molar-refractivity contribution in [2.24, 2.45) is 0 Å². The first kappa shape index (κ1) is 17.5. The van der Waals surface area contributed by atoms with Gasteiger partial charge < -0.3 is 14.9 Å². The van der Waals surface area contributed by atoms with Crippen molar-refractivity contribution in [3.8, 4) is 0 Å². The maximum atomic E-state index is 11.9. The molecule has 1 N–H and O–H groups in total. The minimum absolute atomic E-state index is 0. The second-order valence-corrected chi connectivity index (χ2v) is 6.19. The zero-order valence-electron chi connectivity index (χ0n) is 12.7. The topological polar surface area (TPSA) is 43.8 Å². The molecule has 118 valence electrons. The summed E-state index contributed by atoms with van der Waals surface area (Å²) < 4.78 is 0. The SMILES string of the molecule is C.CC(=O)N1C(C)CN(c2ccccc2)CC1C(C)(C)O. The molecular weight excluding hydrogens is 264 g/mol. The summed E-state index contributed by atoms with van der Waals surface area (Å²) in [6, 6.07) is 10.0. The number of amides is 1. The van der Waals surface area contributed by atoms with Crippen LogP contribution in [-0.2, 0) is 4.79 Å². The number of hydrogen-bond donors (Lipinski definition) is 1. The van der Waals surface area contributed by atoms with Gasteiger partial charge in [0.25, 0.3) is 0 Å². The van der Waals surface area contributed by atoms with E-state index >= 15 is 0 Å². The number of hydrogen-bond acceptors (Lipinski definition) is 3. The van der Waals surface area contributed by atoms with E-state index in [4.69, 9.17) is 0 Å². The summed E-state index contributed by atoms with van der Waals surface area (Å²) in [5.41, 5.74) is 0.213. The molecule has 1 aliphatic heterocycles. The fourth-order valence-corrected chi connectivity index (χ4v) is 3.03. The van der Waals surface area contributed by atoms with Crippen molar-refractivity contribution in [1.82, 2.24) is 4.90 Å². The van der Waals surface area contributed by atoms with E-state index < -0.39 is 5.60 Å². The third kappa shape index (κ3) is 3.76. The number of aliphatic hydroxyl groups is 1. The minimum Gasteiger partial charge on any atom is -0.388 e. The molecule has 1 aliphatic rings. The number of carbonyl (C=O) groups is 1. The van der Waals surface area contributed by atoms with Crippen molar-refractivity contribution in [3.05, 3.63) is 30.3 Å². The third-order valence-corrected chi connectivity index (χ3v) is 3.99. The summed E-state index contributed by atoms with van der Waals surface area (Å²) in [4.78, 5) is 16.0. The number of carbonyl (C=O) groups excluding carboxylic acids is 1. The number of rotatable bonds is 2. The molecule has 1 amide bonds. The Hall–Kier alpha value is -1.55. The first-order valence-electron chi connectivity index (χ1n) is 7.12. The van der Waals surface area contributed by atoms with Crippen LogP contribution >= 0.6 is 0 Å². The lowest BCUT2D eigenvalue weighted by molar-refractivity contribution is -0.141. The maximum Gasteiger partial charge on any atom is 0.220 e. The molecule has 1 fully saturated rings. The molecule has 0 saturated carbocycles. The monoisotopic (exact) mass is 292 g/mol. The van der Waals surface area contributed by atoms with Crippen LogP contribution in [0.3, 0.4) is 0 Å². The third-order valence-electron chi connectivity index (χ3n) is 3.99.